The minimum absolute atomic E-state index is 0.302. The van der Waals surface area contributed by atoms with E-state index >= 15 is 0 Å². The molecule has 170 valence electrons. The number of amidine groups is 1. The molecule has 0 radical (unpaired) electrons. The Balaban J connectivity index is 1.59. The first-order valence-electron chi connectivity index (χ1n) is 11.2. The van der Waals surface area contributed by atoms with Crippen molar-refractivity contribution in [3.63, 3.8) is 0 Å². The zero-order valence-corrected chi connectivity index (χ0v) is 19.8. The van der Waals surface area contributed by atoms with Crippen LogP contribution in [0.3, 0.4) is 0 Å². The molecule has 0 aliphatic carbocycles. The minimum Gasteiger partial charge on any atom is -0.321 e. The predicted octanol–water partition coefficient (Wildman–Crippen LogP) is 3.29. The first-order chi connectivity index (χ1) is 16.0. The summed E-state index contributed by atoms with van der Waals surface area (Å²) in [6.45, 7) is 2.19. The number of amides is 2. The van der Waals surface area contributed by atoms with Gasteiger partial charge in [0.2, 0.25) is 0 Å². The van der Waals surface area contributed by atoms with Crippen molar-refractivity contribution < 1.29 is 9.59 Å². The summed E-state index contributed by atoms with van der Waals surface area (Å²) in [5.74, 6) is 0.166. The summed E-state index contributed by atoms with van der Waals surface area (Å²) >= 11 is 7.79. The van der Waals surface area contributed by atoms with Gasteiger partial charge in [0.15, 0.2) is 5.17 Å². The van der Waals surface area contributed by atoms with Gasteiger partial charge in [-0.2, -0.15) is 0 Å². The molecular formula is C24H24ClN5O2S. The normalized spacial score (nSPS) is 20.5. The number of carbonyl (C=O) groups is 2. The molecule has 3 heterocycles. The Morgan fingerprint density at radius 1 is 1.06 bits per heavy atom. The quantitative estimate of drug-likeness (QED) is 0.620. The number of halogens is 1. The van der Waals surface area contributed by atoms with E-state index in [0.717, 1.165) is 18.6 Å². The Morgan fingerprint density at radius 2 is 1.88 bits per heavy atom. The first-order valence-corrected chi connectivity index (χ1v) is 12.5. The van der Waals surface area contributed by atoms with E-state index in [9.17, 15) is 9.59 Å². The van der Waals surface area contributed by atoms with E-state index in [0.29, 0.717) is 37.7 Å². The molecule has 33 heavy (non-hydrogen) atoms. The fourth-order valence-electron chi connectivity index (χ4n) is 4.39. The number of rotatable bonds is 6. The number of nitrogens with zero attached hydrogens (tertiary/aromatic N) is 3. The standard InChI is InChI=1S/C24H24ClN5O2S/c1-2-3-4-5-8-13-33-23-27-21(31)20-16-9-6-7-10-18(16)28-24(30(20)29-23)17-14-15(25)11-12-19(17)26-22(24)32/h6-7,9-12,14H,2-5,8,13H2,1H3,(H,26,32)(H,27,29,31). The number of hydrogen-bond acceptors (Lipinski definition) is 6. The van der Waals surface area contributed by atoms with Gasteiger partial charge in [0.1, 0.15) is 5.70 Å². The second-order valence-corrected chi connectivity index (χ2v) is 9.75. The summed E-state index contributed by atoms with van der Waals surface area (Å²) in [6, 6.07) is 12.5. The van der Waals surface area contributed by atoms with Crippen LogP contribution in [0.4, 0.5) is 5.69 Å². The average molecular weight is 482 g/mol. The number of unbranched alkanes of at least 4 members (excludes halogenated alkanes) is 4. The van der Waals surface area contributed by atoms with Gasteiger partial charge in [0, 0.05) is 27.2 Å². The summed E-state index contributed by atoms with van der Waals surface area (Å²) in [5.41, 5.74) is -0.0438. The van der Waals surface area contributed by atoms with Crippen LogP contribution in [0.25, 0.3) is 5.70 Å². The fraction of sp³-hybridized carbons (Fsp3) is 0.333. The van der Waals surface area contributed by atoms with Gasteiger partial charge in [-0.05, 0) is 30.7 Å². The molecule has 0 bridgehead atoms. The van der Waals surface area contributed by atoms with Crippen LogP contribution >= 0.6 is 23.4 Å². The molecule has 0 fully saturated rings. The molecular weight excluding hydrogens is 458 g/mol. The third kappa shape index (κ3) is 3.71. The highest BCUT2D eigenvalue weighted by molar-refractivity contribution is 8.13. The molecule has 0 saturated heterocycles. The third-order valence-corrected chi connectivity index (χ3v) is 7.18. The number of fused-ring (bicyclic) bond motifs is 5. The number of anilines is 1. The van der Waals surface area contributed by atoms with E-state index in [1.165, 1.54) is 36.0 Å². The average Bonchev–Trinajstić information content (AvgIpc) is 3.07. The van der Waals surface area contributed by atoms with Gasteiger partial charge in [-0.15, -0.1) is 5.10 Å². The van der Waals surface area contributed by atoms with Crippen molar-refractivity contribution in [3.8, 4) is 0 Å². The Labute approximate surface area is 201 Å². The minimum atomic E-state index is -1.53. The second kappa shape index (κ2) is 8.83. The summed E-state index contributed by atoms with van der Waals surface area (Å²) in [7, 11) is 0. The number of thioether (sulfide) groups is 1. The topological polar surface area (TPSA) is 86.2 Å². The Morgan fingerprint density at radius 3 is 2.73 bits per heavy atom. The highest BCUT2D eigenvalue weighted by atomic mass is 35.5. The molecule has 2 aromatic rings. The highest BCUT2D eigenvalue weighted by Gasteiger charge is 2.56. The molecule has 5 rings (SSSR count). The van der Waals surface area contributed by atoms with Gasteiger partial charge in [-0.3, -0.25) is 14.9 Å². The van der Waals surface area contributed by atoms with Gasteiger partial charge in [-0.25, -0.2) is 10.0 Å². The van der Waals surface area contributed by atoms with Crippen molar-refractivity contribution in [2.75, 3.05) is 11.1 Å². The van der Waals surface area contributed by atoms with Crippen molar-refractivity contribution in [1.29, 1.82) is 0 Å². The molecule has 3 aliphatic heterocycles. The molecule has 2 amide bonds. The van der Waals surface area contributed by atoms with Crippen molar-refractivity contribution >= 4 is 51.7 Å². The molecule has 2 N–H and O–H groups in total. The Hall–Kier alpha value is -2.84. The molecule has 3 aliphatic rings. The highest BCUT2D eigenvalue weighted by Crippen LogP contribution is 2.46. The third-order valence-electron chi connectivity index (χ3n) is 5.99. The Bertz CT molecular complexity index is 1290. The van der Waals surface area contributed by atoms with Gasteiger partial charge in [0.25, 0.3) is 17.5 Å². The van der Waals surface area contributed by atoms with Crippen LogP contribution in [0, 0.1) is 0 Å². The number of benzene rings is 2. The predicted molar refractivity (Wildman–Crippen MR) is 131 cm³/mol. The molecule has 9 heteroatoms. The van der Waals surface area contributed by atoms with Crippen LogP contribution < -0.4 is 21.2 Å². The molecule has 2 aromatic carbocycles. The van der Waals surface area contributed by atoms with E-state index < -0.39 is 5.66 Å². The number of hydrazone groups is 1. The van der Waals surface area contributed by atoms with Crippen molar-refractivity contribution in [1.82, 2.24) is 10.3 Å². The molecule has 7 nitrogen and oxygen atoms in total. The molecule has 0 aromatic heterocycles. The van der Waals surface area contributed by atoms with E-state index in [1.54, 1.807) is 24.3 Å². The van der Waals surface area contributed by atoms with Crippen molar-refractivity contribution in [2.45, 2.75) is 44.7 Å². The van der Waals surface area contributed by atoms with Crippen molar-refractivity contribution in [3.05, 3.63) is 63.6 Å². The lowest BCUT2D eigenvalue weighted by atomic mass is 9.97. The molecule has 1 atom stereocenters. The lowest BCUT2D eigenvalue weighted by Gasteiger charge is -2.39. The van der Waals surface area contributed by atoms with Crippen LogP contribution in [0.1, 0.15) is 44.6 Å². The number of hydrogen-bond donors (Lipinski definition) is 2. The van der Waals surface area contributed by atoms with E-state index in [2.05, 4.69) is 17.6 Å². The van der Waals surface area contributed by atoms with E-state index in [4.69, 9.17) is 21.7 Å². The first kappa shape index (κ1) is 22.0. The smallest absolute Gasteiger partial charge is 0.279 e. The summed E-state index contributed by atoms with van der Waals surface area (Å²) in [5, 5.41) is 14.2. The van der Waals surface area contributed by atoms with Gasteiger partial charge < -0.3 is 5.32 Å². The van der Waals surface area contributed by atoms with Gasteiger partial charge in [0.05, 0.1) is 5.36 Å². The maximum absolute atomic E-state index is 13.4. The molecule has 1 unspecified atom stereocenters. The zero-order chi connectivity index (χ0) is 23.0. The van der Waals surface area contributed by atoms with Crippen LogP contribution in [0.15, 0.2) is 52.6 Å². The summed E-state index contributed by atoms with van der Waals surface area (Å²) < 4.78 is 0. The second-order valence-electron chi connectivity index (χ2n) is 8.23. The number of para-hydroxylation sites is 1. The SMILES string of the molecule is CCCCCCCSC1=NN2C(=c3ccccc3=NC23C(=O)Nc2ccc(Cl)cc23)C(=O)N1. The van der Waals surface area contributed by atoms with Gasteiger partial charge >= 0.3 is 0 Å². The monoisotopic (exact) mass is 481 g/mol. The lowest BCUT2D eigenvalue weighted by Crippen LogP contribution is -2.59. The van der Waals surface area contributed by atoms with E-state index in [-0.39, 0.29) is 11.8 Å². The molecule has 1 spiro atoms. The van der Waals surface area contributed by atoms with Crippen LogP contribution in [-0.4, -0.2) is 27.7 Å². The summed E-state index contributed by atoms with van der Waals surface area (Å²) in [4.78, 5) is 31.6. The van der Waals surface area contributed by atoms with Crippen LogP contribution in [-0.2, 0) is 15.3 Å². The zero-order valence-electron chi connectivity index (χ0n) is 18.2. The molecule has 0 saturated carbocycles. The maximum atomic E-state index is 13.4. The lowest BCUT2D eigenvalue weighted by molar-refractivity contribution is -0.127. The number of carbonyl (C=O) groups excluding carboxylic acids is 2. The van der Waals surface area contributed by atoms with Crippen molar-refractivity contribution in [2.24, 2.45) is 10.1 Å². The van der Waals surface area contributed by atoms with E-state index in [1.807, 2.05) is 18.2 Å². The Kier molecular flexibility index (Phi) is 5.88. The number of nitrogens with one attached hydrogen (secondary N) is 2. The van der Waals surface area contributed by atoms with Crippen LogP contribution in [0.2, 0.25) is 5.02 Å². The maximum Gasteiger partial charge on any atom is 0.279 e. The fourth-order valence-corrected chi connectivity index (χ4v) is 5.41. The van der Waals surface area contributed by atoms with Gasteiger partial charge in [-0.1, -0.05) is 74.2 Å². The largest absolute Gasteiger partial charge is 0.321 e. The summed E-state index contributed by atoms with van der Waals surface area (Å²) in [6.07, 6.45) is 5.81. The van der Waals surface area contributed by atoms with Crippen LogP contribution in [0.5, 0.6) is 0 Å².